The molecule has 0 unspecified atom stereocenters. The van der Waals surface area contributed by atoms with Crippen LogP contribution in [0.3, 0.4) is 0 Å². The first-order valence-corrected chi connectivity index (χ1v) is 9.43. The summed E-state index contributed by atoms with van der Waals surface area (Å²) in [6.07, 6.45) is 4.69. The van der Waals surface area contributed by atoms with Crippen LogP contribution in [0.1, 0.15) is 12.1 Å². The summed E-state index contributed by atoms with van der Waals surface area (Å²) in [6.45, 7) is -0.190. The van der Waals surface area contributed by atoms with E-state index in [2.05, 4.69) is 25.9 Å². The van der Waals surface area contributed by atoms with Gasteiger partial charge in [0.25, 0.3) is 0 Å². The number of aliphatic hydroxyl groups is 1. The Labute approximate surface area is 176 Å². The summed E-state index contributed by atoms with van der Waals surface area (Å²) < 4.78 is 32.6. The number of hydrogen-bond acceptors (Lipinski definition) is 6. The summed E-state index contributed by atoms with van der Waals surface area (Å²) in [4.78, 5) is 32.1. The van der Waals surface area contributed by atoms with Crippen molar-refractivity contribution in [2.75, 3.05) is 11.9 Å². The van der Waals surface area contributed by atoms with Crippen molar-refractivity contribution in [3.05, 3.63) is 66.3 Å². The average molecular weight is 433 g/mol. The van der Waals surface area contributed by atoms with Gasteiger partial charge in [-0.2, -0.15) is 0 Å². The van der Waals surface area contributed by atoms with Crippen molar-refractivity contribution in [3.63, 3.8) is 0 Å². The van der Waals surface area contributed by atoms with E-state index in [1.165, 1.54) is 6.33 Å². The molecular weight excluding hydrogens is 412 g/mol. The first kappa shape index (κ1) is 22.2. The van der Waals surface area contributed by atoms with Gasteiger partial charge in [0.15, 0.2) is 0 Å². The van der Waals surface area contributed by atoms with E-state index >= 15 is 0 Å². The highest BCUT2D eigenvalue weighted by Crippen LogP contribution is 2.18. The maximum atomic E-state index is 13.7. The molecule has 1 aromatic carbocycles. The van der Waals surface area contributed by atoms with E-state index < -0.39 is 42.5 Å². The molecule has 1 aliphatic heterocycles. The molecule has 0 fully saturated rings. The fraction of sp³-hybridized carbons (Fsp3) is 0.300. The molecule has 164 valence electrons. The molecule has 0 spiro atoms. The summed E-state index contributed by atoms with van der Waals surface area (Å²) in [5.74, 6) is -1.78. The van der Waals surface area contributed by atoms with E-state index in [-0.39, 0.29) is 24.6 Å². The van der Waals surface area contributed by atoms with Crippen LogP contribution in [-0.2, 0) is 16.1 Å². The van der Waals surface area contributed by atoms with Gasteiger partial charge < -0.3 is 25.8 Å². The van der Waals surface area contributed by atoms with Crippen molar-refractivity contribution in [1.82, 2.24) is 20.6 Å². The molecule has 3 atom stereocenters. The predicted octanol–water partition coefficient (Wildman–Crippen LogP) is 1.27. The number of ether oxygens (including phenoxy) is 1. The topological polar surface area (TPSA) is 125 Å². The van der Waals surface area contributed by atoms with Gasteiger partial charge >= 0.3 is 6.03 Å². The number of halogens is 2. The lowest BCUT2D eigenvalue weighted by atomic mass is 10.0. The van der Waals surface area contributed by atoms with Crippen molar-refractivity contribution < 1.29 is 28.2 Å². The number of amides is 3. The number of anilines is 1. The van der Waals surface area contributed by atoms with Crippen LogP contribution >= 0.6 is 0 Å². The Balaban J connectivity index is 1.51. The van der Waals surface area contributed by atoms with Gasteiger partial charge in [-0.05, 0) is 18.2 Å². The molecule has 1 aromatic heterocycles. The third-order valence-corrected chi connectivity index (χ3v) is 4.43. The number of rotatable bonds is 7. The highest BCUT2D eigenvalue weighted by atomic mass is 19.1. The molecule has 11 heteroatoms. The number of nitrogens with one attached hydrogen (secondary N) is 3. The Morgan fingerprint density at radius 3 is 2.77 bits per heavy atom. The lowest BCUT2D eigenvalue weighted by molar-refractivity contribution is -0.125. The summed E-state index contributed by atoms with van der Waals surface area (Å²) in [5, 5.41) is 17.0. The molecule has 9 nitrogen and oxygen atoms in total. The van der Waals surface area contributed by atoms with Crippen molar-refractivity contribution in [2.24, 2.45) is 0 Å². The minimum Gasteiger partial charge on any atom is -0.394 e. The lowest BCUT2D eigenvalue weighted by Crippen LogP contribution is -2.50. The van der Waals surface area contributed by atoms with Gasteiger partial charge in [0.1, 0.15) is 24.1 Å². The van der Waals surface area contributed by atoms with E-state index in [0.717, 1.165) is 18.2 Å². The third kappa shape index (κ3) is 6.52. The van der Waals surface area contributed by atoms with E-state index in [0.29, 0.717) is 5.69 Å². The molecule has 3 amide bonds. The zero-order chi connectivity index (χ0) is 22.2. The first-order valence-electron chi connectivity index (χ1n) is 9.43. The number of benzene rings is 1. The molecule has 31 heavy (non-hydrogen) atoms. The predicted molar refractivity (Wildman–Crippen MR) is 106 cm³/mol. The van der Waals surface area contributed by atoms with Crippen LogP contribution in [-0.4, -0.2) is 51.9 Å². The second kappa shape index (κ2) is 10.5. The number of carbonyl (C=O) groups is 2. The minimum atomic E-state index is -0.826. The SMILES string of the molecule is O=C(C[C@H]1C=C[C@@H](NC(=O)Nc2cc(F)ccc2F)[C@@H](CO)O1)NCc1ccncn1. The zero-order valence-corrected chi connectivity index (χ0v) is 16.3. The number of urea groups is 1. The van der Waals surface area contributed by atoms with E-state index in [1.54, 1.807) is 24.4 Å². The molecule has 0 saturated heterocycles. The van der Waals surface area contributed by atoms with E-state index in [1.807, 2.05) is 0 Å². The number of aromatic nitrogens is 2. The number of hydrogen-bond donors (Lipinski definition) is 4. The van der Waals surface area contributed by atoms with Gasteiger partial charge in [0.2, 0.25) is 5.91 Å². The maximum absolute atomic E-state index is 13.7. The molecule has 1 aliphatic rings. The monoisotopic (exact) mass is 433 g/mol. The maximum Gasteiger partial charge on any atom is 0.319 e. The van der Waals surface area contributed by atoms with Gasteiger partial charge in [0.05, 0.1) is 43.1 Å². The highest BCUT2D eigenvalue weighted by molar-refractivity contribution is 5.89. The number of aliphatic hydroxyl groups excluding tert-OH is 1. The highest BCUT2D eigenvalue weighted by Gasteiger charge is 2.29. The van der Waals surface area contributed by atoms with Gasteiger partial charge in [-0.25, -0.2) is 23.5 Å². The molecule has 0 radical (unpaired) electrons. The van der Waals surface area contributed by atoms with Crippen LogP contribution in [0.25, 0.3) is 0 Å². The quantitative estimate of drug-likeness (QED) is 0.488. The van der Waals surface area contributed by atoms with Crippen LogP contribution < -0.4 is 16.0 Å². The molecule has 0 saturated carbocycles. The van der Waals surface area contributed by atoms with Crippen LogP contribution in [0, 0.1) is 11.6 Å². The van der Waals surface area contributed by atoms with Crippen LogP contribution in [0.15, 0.2) is 48.9 Å². The van der Waals surface area contributed by atoms with E-state index in [4.69, 9.17) is 4.74 Å². The first-order chi connectivity index (χ1) is 14.9. The molecule has 4 N–H and O–H groups in total. The third-order valence-electron chi connectivity index (χ3n) is 4.43. The Morgan fingerprint density at radius 1 is 1.19 bits per heavy atom. The van der Waals surface area contributed by atoms with E-state index in [9.17, 15) is 23.5 Å². The summed E-state index contributed by atoms with van der Waals surface area (Å²) in [5.41, 5.74) is 0.332. The lowest BCUT2D eigenvalue weighted by Gasteiger charge is -2.31. The number of nitrogens with zero attached hydrogens (tertiary/aromatic N) is 2. The van der Waals surface area contributed by atoms with Gasteiger partial charge in [-0.3, -0.25) is 4.79 Å². The fourth-order valence-electron chi connectivity index (χ4n) is 2.91. The molecular formula is C20H21F2N5O4. The second-order valence-corrected chi connectivity index (χ2v) is 6.71. The molecule has 0 bridgehead atoms. The summed E-state index contributed by atoms with van der Waals surface area (Å²) in [6, 6.07) is 2.81. The normalized spacial score (nSPS) is 20.2. The fourth-order valence-corrected chi connectivity index (χ4v) is 2.91. The Kier molecular flexibility index (Phi) is 7.57. The standard InChI is InChI=1S/C20H21F2N5O4/c21-12-1-3-15(22)17(7-12)27-20(30)26-16-4-2-14(31-18(16)10-28)8-19(29)24-9-13-5-6-23-11-25-13/h1-7,11,14,16,18,28H,8-10H2,(H,24,29)(H2,26,27,30)/t14-,16-,18-/m1/s1. The van der Waals surface area contributed by atoms with Gasteiger partial charge in [0, 0.05) is 12.3 Å². The Morgan fingerprint density at radius 2 is 2.03 bits per heavy atom. The van der Waals surface area contributed by atoms with Gasteiger partial charge in [-0.15, -0.1) is 0 Å². The Bertz CT molecular complexity index is 944. The van der Waals surface area contributed by atoms with Crippen molar-refractivity contribution in [3.8, 4) is 0 Å². The molecule has 0 aliphatic carbocycles. The second-order valence-electron chi connectivity index (χ2n) is 6.71. The minimum absolute atomic E-state index is 0.00546. The number of carbonyl (C=O) groups excluding carboxylic acids is 2. The average Bonchev–Trinajstić information content (AvgIpc) is 2.76. The molecule has 2 heterocycles. The summed E-state index contributed by atoms with van der Waals surface area (Å²) in [7, 11) is 0. The Hall–Kier alpha value is -3.44. The summed E-state index contributed by atoms with van der Waals surface area (Å²) >= 11 is 0. The zero-order valence-electron chi connectivity index (χ0n) is 16.3. The van der Waals surface area contributed by atoms with Crippen LogP contribution in [0.2, 0.25) is 0 Å². The smallest absolute Gasteiger partial charge is 0.319 e. The van der Waals surface area contributed by atoms with Crippen LogP contribution in [0.5, 0.6) is 0 Å². The molecule has 2 aromatic rings. The van der Waals surface area contributed by atoms with Crippen molar-refractivity contribution in [1.29, 1.82) is 0 Å². The molecule has 3 rings (SSSR count). The largest absolute Gasteiger partial charge is 0.394 e. The van der Waals surface area contributed by atoms with Crippen molar-refractivity contribution in [2.45, 2.75) is 31.2 Å². The van der Waals surface area contributed by atoms with Crippen molar-refractivity contribution >= 4 is 17.6 Å². The van der Waals surface area contributed by atoms with Crippen LogP contribution in [0.4, 0.5) is 19.3 Å². The van der Waals surface area contributed by atoms with Gasteiger partial charge in [-0.1, -0.05) is 12.2 Å².